The van der Waals surface area contributed by atoms with Gasteiger partial charge in [-0.3, -0.25) is 9.48 Å². The number of nitrogens with zero attached hydrogens (tertiary/aromatic N) is 2. The lowest BCUT2D eigenvalue weighted by molar-refractivity contribution is -0.115. The zero-order chi connectivity index (χ0) is 16.3. The minimum absolute atomic E-state index is 0.0359. The molecule has 6 heteroatoms. The summed E-state index contributed by atoms with van der Waals surface area (Å²) >= 11 is 1.61. The molecule has 2 aromatic rings. The number of aromatic nitrogens is 2. The molecule has 1 amide bonds. The summed E-state index contributed by atoms with van der Waals surface area (Å²) in [7, 11) is 1.86. The smallest absolute Gasteiger partial charge is 0.238 e. The summed E-state index contributed by atoms with van der Waals surface area (Å²) in [4.78, 5) is 12.3. The van der Waals surface area contributed by atoms with Crippen LogP contribution in [0.3, 0.4) is 0 Å². The van der Waals surface area contributed by atoms with Crippen molar-refractivity contribution in [3.63, 3.8) is 0 Å². The Hall–Kier alpha value is -1.69. The summed E-state index contributed by atoms with van der Waals surface area (Å²) in [6.45, 7) is 7.90. The summed E-state index contributed by atoms with van der Waals surface area (Å²) < 4.78 is 7.62. The molecule has 1 aromatic carbocycles. The van der Waals surface area contributed by atoms with Crippen LogP contribution in [0.1, 0.15) is 27.7 Å². The molecule has 0 radical (unpaired) electrons. The Morgan fingerprint density at radius 1 is 1.41 bits per heavy atom. The summed E-state index contributed by atoms with van der Waals surface area (Å²) in [6.07, 6.45) is 0.0592. The number of rotatable bonds is 6. The summed E-state index contributed by atoms with van der Waals surface area (Å²) in [6, 6.07) is 5.81. The van der Waals surface area contributed by atoms with E-state index >= 15 is 0 Å². The number of ether oxygens (including phenoxy) is 1. The third kappa shape index (κ3) is 3.55. The van der Waals surface area contributed by atoms with E-state index in [0.717, 1.165) is 22.4 Å². The molecule has 0 unspecified atom stereocenters. The predicted molar refractivity (Wildman–Crippen MR) is 92.7 cm³/mol. The van der Waals surface area contributed by atoms with Crippen LogP contribution in [0.15, 0.2) is 18.2 Å². The van der Waals surface area contributed by atoms with E-state index in [1.165, 1.54) is 0 Å². The molecule has 0 bridgehead atoms. The average Bonchev–Trinajstić information content (AvgIpc) is 2.76. The molecule has 0 fully saturated rings. The largest absolute Gasteiger partial charge is 0.490 e. The van der Waals surface area contributed by atoms with E-state index in [9.17, 15) is 4.79 Å². The van der Waals surface area contributed by atoms with Crippen LogP contribution >= 0.6 is 11.8 Å². The van der Waals surface area contributed by atoms with Gasteiger partial charge < -0.3 is 10.1 Å². The highest BCUT2D eigenvalue weighted by Crippen LogP contribution is 2.32. The number of aryl methyl sites for hydroxylation is 1. The van der Waals surface area contributed by atoms with Crippen molar-refractivity contribution in [1.82, 2.24) is 9.78 Å². The standard InChI is InChI=1S/C16H23N3O2S/c1-6-22-11(4)16(20)17-15-14-12(19(5)18-15)8-7-9-13(14)21-10(2)3/h7-11H,6H2,1-5H3,(H,17,18,20)/t11-/m0/s1. The number of thioether (sulfide) groups is 1. The van der Waals surface area contributed by atoms with Gasteiger partial charge in [-0.25, -0.2) is 0 Å². The molecular weight excluding hydrogens is 298 g/mol. The molecule has 0 saturated carbocycles. The van der Waals surface area contributed by atoms with Crippen LogP contribution in [0.25, 0.3) is 10.9 Å². The van der Waals surface area contributed by atoms with Crippen molar-refractivity contribution in [3.05, 3.63) is 18.2 Å². The molecular formula is C16H23N3O2S. The van der Waals surface area contributed by atoms with Crippen LogP contribution in [0.4, 0.5) is 5.82 Å². The monoisotopic (exact) mass is 321 g/mol. The summed E-state index contributed by atoms with van der Waals surface area (Å²) in [5.41, 5.74) is 0.934. The zero-order valence-electron chi connectivity index (χ0n) is 13.7. The van der Waals surface area contributed by atoms with Gasteiger partial charge >= 0.3 is 0 Å². The quantitative estimate of drug-likeness (QED) is 0.885. The van der Waals surface area contributed by atoms with Crippen molar-refractivity contribution in [2.24, 2.45) is 7.05 Å². The van der Waals surface area contributed by atoms with Crippen LogP contribution < -0.4 is 10.1 Å². The second-order valence-corrected chi connectivity index (χ2v) is 6.99. The Labute approximate surface area is 135 Å². The maximum absolute atomic E-state index is 12.3. The Morgan fingerprint density at radius 3 is 2.77 bits per heavy atom. The Balaban J connectivity index is 2.39. The first-order chi connectivity index (χ1) is 10.4. The van der Waals surface area contributed by atoms with E-state index < -0.39 is 0 Å². The van der Waals surface area contributed by atoms with Gasteiger partial charge in [0.2, 0.25) is 5.91 Å². The maximum atomic E-state index is 12.3. The number of anilines is 1. The van der Waals surface area contributed by atoms with E-state index in [2.05, 4.69) is 10.4 Å². The molecule has 22 heavy (non-hydrogen) atoms. The van der Waals surface area contributed by atoms with Gasteiger partial charge in [0, 0.05) is 7.05 Å². The molecule has 0 spiro atoms. The molecule has 1 heterocycles. The van der Waals surface area contributed by atoms with Gasteiger partial charge in [0.1, 0.15) is 5.75 Å². The number of nitrogens with one attached hydrogen (secondary N) is 1. The molecule has 0 aliphatic heterocycles. The summed E-state index contributed by atoms with van der Waals surface area (Å²) in [5.74, 6) is 2.17. The minimum atomic E-state index is -0.111. The lowest BCUT2D eigenvalue weighted by atomic mass is 10.2. The van der Waals surface area contributed by atoms with Gasteiger partial charge in [-0.1, -0.05) is 13.0 Å². The van der Waals surface area contributed by atoms with Gasteiger partial charge in [0.25, 0.3) is 0 Å². The van der Waals surface area contributed by atoms with Crippen molar-refractivity contribution in [2.75, 3.05) is 11.1 Å². The normalized spacial score (nSPS) is 12.6. The number of amides is 1. The molecule has 2 rings (SSSR count). The fourth-order valence-corrected chi connectivity index (χ4v) is 2.98. The number of fused-ring (bicyclic) bond motifs is 1. The maximum Gasteiger partial charge on any atom is 0.238 e. The molecule has 0 aliphatic carbocycles. The zero-order valence-corrected chi connectivity index (χ0v) is 14.5. The van der Waals surface area contributed by atoms with E-state index in [4.69, 9.17) is 4.74 Å². The number of benzene rings is 1. The Morgan fingerprint density at radius 2 is 2.14 bits per heavy atom. The van der Waals surface area contributed by atoms with Crippen molar-refractivity contribution in [2.45, 2.75) is 39.0 Å². The molecule has 0 saturated heterocycles. The average molecular weight is 321 g/mol. The van der Waals surface area contributed by atoms with Crippen LogP contribution in [0.5, 0.6) is 5.75 Å². The molecule has 0 aliphatic rings. The highest BCUT2D eigenvalue weighted by molar-refractivity contribution is 8.00. The van der Waals surface area contributed by atoms with Crippen molar-refractivity contribution in [3.8, 4) is 5.75 Å². The van der Waals surface area contributed by atoms with Gasteiger partial charge in [-0.15, -0.1) is 11.8 Å². The van der Waals surface area contributed by atoms with Crippen LogP contribution in [-0.2, 0) is 11.8 Å². The second kappa shape index (κ2) is 7.05. The van der Waals surface area contributed by atoms with E-state index in [-0.39, 0.29) is 17.3 Å². The van der Waals surface area contributed by atoms with Gasteiger partial charge in [-0.05, 0) is 38.7 Å². The van der Waals surface area contributed by atoms with Crippen LogP contribution in [-0.4, -0.2) is 32.8 Å². The van der Waals surface area contributed by atoms with Gasteiger partial charge in [-0.2, -0.15) is 5.10 Å². The van der Waals surface area contributed by atoms with Crippen molar-refractivity contribution < 1.29 is 9.53 Å². The summed E-state index contributed by atoms with van der Waals surface area (Å²) in [5, 5.41) is 8.10. The highest BCUT2D eigenvalue weighted by atomic mass is 32.2. The lowest BCUT2D eigenvalue weighted by Crippen LogP contribution is -2.23. The Kier molecular flexibility index (Phi) is 5.34. The van der Waals surface area contributed by atoms with Crippen LogP contribution in [0.2, 0.25) is 0 Å². The van der Waals surface area contributed by atoms with E-state index in [1.54, 1.807) is 16.4 Å². The molecule has 1 aromatic heterocycles. The molecule has 5 nitrogen and oxygen atoms in total. The number of carbonyl (C=O) groups is 1. The first-order valence-electron chi connectivity index (χ1n) is 7.48. The number of hydrogen-bond acceptors (Lipinski definition) is 4. The molecule has 1 N–H and O–H groups in total. The third-order valence-corrected chi connectivity index (χ3v) is 4.28. The van der Waals surface area contributed by atoms with Gasteiger partial charge in [0.05, 0.1) is 22.3 Å². The fourth-order valence-electron chi connectivity index (χ4n) is 2.26. The SMILES string of the molecule is CCS[C@@H](C)C(=O)Nc1nn(C)c2cccc(OC(C)C)c12. The minimum Gasteiger partial charge on any atom is -0.490 e. The lowest BCUT2D eigenvalue weighted by Gasteiger charge is -2.13. The third-order valence-electron chi connectivity index (χ3n) is 3.23. The van der Waals surface area contributed by atoms with E-state index in [0.29, 0.717) is 5.82 Å². The van der Waals surface area contributed by atoms with Gasteiger partial charge in [0.15, 0.2) is 5.82 Å². The fraction of sp³-hybridized carbons (Fsp3) is 0.500. The first-order valence-corrected chi connectivity index (χ1v) is 8.53. The molecule has 120 valence electrons. The first kappa shape index (κ1) is 16.7. The number of carbonyl (C=O) groups excluding carboxylic acids is 1. The number of hydrogen-bond donors (Lipinski definition) is 1. The Bertz CT molecular complexity index is 667. The van der Waals surface area contributed by atoms with Crippen LogP contribution in [0, 0.1) is 0 Å². The molecule has 1 atom stereocenters. The predicted octanol–water partition coefficient (Wildman–Crippen LogP) is 3.44. The van der Waals surface area contributed by atoms with Crippen molar-refractivity contribution in [1.29, 1.82) is 0 Å². The highest BCUT2D eigenvalue weighted by Gasteiger charge is 2.19. The second-order valence-electron chi connectivity index (χ2n) is 5.38. The van der Waals surface area contributed by atoms with Crippen molar-refractivity contribution >= 4 is 34.4 Å². The van der Waals surface area contributed by atoms with E-state index in [1.807, 2.05) is 52.9 Å². The topological polar surface area (TPSA) is 56.2 Å².